The van der Waals surface area contributed by atoms with Gasteiger partial charge in [-0.2, -0.15) is 0 Å². The Kier molecular flexibility index (Phi) is 25.9. The standard InChI is InChI=1S/C34H62O3/c1-3-5-7-9-11-13-15-17-19-24-28-35-31-34(32-36-30-33-26-22-21-23-27-33)37-29-25-20-18-16-14-12-10-8-6-4-2/h21-23,26-27,34H,3-20,24-25,28-32H2,1-2H3. The number of ether oxygens (including phenoxy) is 3. The van der Waals surface area contributed by atoms with Crippen LogP contribution in [0.15, 0.2) is 30.3 Å². The highest BCUT2D eigenvalue weighted by atomic mass is 16.6. The van der Waals surface area contributed by atoms with E-state index in [4.69, 9.17) is 14.2 Å². The Bertz CT molecular complexity index is 547. The van der Waals surface area contributed by atoms with Gasteiger partial charge in [0.25, 0.3) is 0 Å². The van der Waals surface area contributed by atoms with E-state index in [2.05, 4.69) is 38.1 Å². The average molecular weight is 519 g/mol. The minimum atomic E-state index is 0.0328. The topological polar surface area (TPSA) is 27.7 Å². The van der Waals surface area contributed by atoms with Crippen LogP contribution >= 0.6 is 0 Å². The minimum Gasteiger partial charge on any atom is -0.379 e. The molecular formula is C34H62O3. The lowest BCUT2D eigenvalue weighted by Crippen LogP contribution is -2.26. The summed E-state index contributed by atoms with van der Waals surface area (Å²) < 4.78 is 18.2. The van der Waals surface area contributed by atoms with Gasteiger partial charge in [0, 0.05) is 13.2 Å². The van der Waals surface area contributed by atoms with Crippen molar-refractivity contribution in [2.75, 3.05) is 26.4 Å². The lowest BCUT2D eigenvalue weighted by Gasteiger charge is -2.18. The molecule has 1 atom stereocenters. The fourth-order valence-electron chi connectivity index (χ4n) is 4.77. The fraction of sp³-hybridized carbons (Fsp3) is 0.824. The van der Waals surface area contributed by atoms with Crippen LogP contribution in [0.5, 0.6) is 0 Å². The second-order valence-electron chi connectivity index (χ2n) is 10.9. The van der Waals surface area contributed by atoms with Crippen molar-refractivity contribution < 1.29 is 14.2 Å². The Labute approximate surface area is 231 Å². The van der Waals surface area contributed by atoms with Crippen molar-refractivity contribution in [3.8, 4) is 0 Å². The van der Waals surface area contributed by atoms with Crippen LogP contribution in [0.25, 0.3) is 0 Å². The highest BCUT2D eigenvalue weighted by Gasteiger charge is 2.10. The largest absolute Gasteiger partial charge is 0.379 e. The second kappa shape index (κ2) is 28.1. The van der Waals surface area contributed by atoms with Crippen LogP contribution in [0, 0.1) is 0 Å². The van der Waals surface area contributed by atoms with Crippen LogP contribution in [0.3, 0.4) is 0 Å². The van der Waals surface area contributed by atoms with Crippen LogP contribution in [0.2, 0.25) is 0 Å². The monoisotopic (exact) mass is 518 g/mol. The fourth-order valence-corrected chi connectivity index (χ4v) is 4.77. The molecule has 1 rings (SSSR count). The van der Waals surface area contributed by atoms with Crippen molar-refractivity contribution in [1.82, 2.24) is 0 Å². The number of benzene rings is 1. The van der Waals surface area contributed by atoms with Crippen LogP contribution in [0.4, 0.5) is 0 Å². The third-order valence-electron chi connectivity index (χ3n) is 7.21. The van der Waals surface area contributed by atoms with E-state index >= 15 is 0 Å². The zero-order chi connectivity index (χ0) is 26.5. The quantitative estimate of drug-likeness (QED) is 0.0987. The normalized spacial score (nSPS) is 12.3. The third kappa shape index (κ3) is 23.9. The molecule has 0 heterocycles. The van der Waals surface area contributed by atoms with Gasteiger partial charge in [0.05, 0.1) is 19.8 Å². The summed E-state index contributed by atoms with van der Waals surface area (Å²) in [4.78, 5) is 0. The SMILES string of the molecule is CCCCCCCCCCCCOCC(COCc1ccccc1)OCCCCCCCCCCCC. The Hall–Kier alpha value is -0.900. The molecule has 0 spiro atoms. The molecule has 1 aromatic rings. The summed E-state index contributed by atoms with van der Waals surface area (Å²) in [5.74, 6) is 0. The maximum absolute atomic E-state index is 6.20. The molecule has 3 nitrogen and oxygen atoms in total. The molecule has 0 saturated carbocycles. The Morgan fingerprint density at radius 3 is 1.43 bits per heavy atom. The van der Waals surface area contributed by atoms with Gasteiger partial charge in [-0.3, -0.25) is 0 Å². The molecule has 0 saturated heterocycles. The zero-order valence-corrected chi connectivity index (χ0v) is 24.9. The second-order valence-corrected chi connectivity index (χ2v) is 10.9. The van der Waals surface area contributed by atoms with Gasteiger partial charge in [-0.05, 0) is 18.4 Å². The van der Waals surface area contributed by atoms with E-state index in [0.29, 0.717) is 19.8 Å². The van der Waals surface area contributed by atoms with Gasteiger partial charge in [0.15, 0.2) is 0 Å². The first kappa shape index (κ1) is 34.1. The molecule has 0 aromatic heterocycles. The summed E-state index contributed by atoms with van der Waals surface area (Å²) in [6.45, 7) is 8.11. The Morgan fingerprint density at radius 1 is 0.486 bits per heavy atom. The van der Waals surface area contributed by atoms with Crippen LogP contribution in [-0.4, -0.2) is 32.5 Å². The van der Waals surface area contributed by atoms with Gasteiger partial charge < -0.3 is 14.2 Å². The van der Waals surface area contributed by atoms with Gasteiger partial charge in [0.1, 0.15) is 6.10 Å². The van der Waals surface area contributed by atoms with Crippen LogP contribution in [0.1, 0.15) is 148 Å². The highest BCUT2D eigenvalue weighted by Crippen LogP contribution is 2.12. The van der Waals surface area contributed by atoms with Gasteiger partial charge in [-0.25, -0.2) is 0 Å². The van der Waals surface area contributed by atoms with Crippen molar-refractivity contribution in [3.63, 3.8) is 0 Å². The van der Waals surface area contributed by atoms with E-state index < -0.39 is 0 Å². The molecule has 3 heteroatoms. The third-order valence-corrected chi connectivity index (χ3v) is 7.21. The first-order valence-electron chi connectivity index (χ1n) is 16.2. The Morgan fingerprint density at radius 2 is 0.919 bits per heavy atom. The van der Waals surface area contributed by atoms with E-state index in [9.17, 15) is 0 Å². The minimum absolute atomic E-state index is 0.0328. The molecule has 1 aromatic carbocycles. The molecule has 0 aliphatic rings. The Balaban J connectivity index is 2.09. The summed E-state index contributed by atoms with van der Waals surface area (Å²) >= 11 is 0. The number of rotatable bonds is 29. The molecule has 0 aliphatic carbocycles. The first-order chi connectivity index (χ1) is 18.4. The predicted molar refractivity (Wildman–Crippen MR) is 160 cm³/mol. The molecule has 37 heavy (non-hydrogen) atoms. The molecule has 0 fully saturated rings. The van der Waals surface area contributed by atoms with Crippen LogP contribution < -0.4 is 0 Å². The number of hydrogen-bond donors (Lipinski definition) is 0. The first-order valence-corrected chi connectivity index (χ1v) is 16.2. The summed E-state index contributed by atoms with van der Waals surface area (Å²) in [7, 11) is 0. The predicted octanol–water partition coefficient (Wildman–Crippen LogP) is 10.4. The summed E-state index contributed by atoms with van der Waals surface area (Å²) in [6, 6.07) is 10.4. The van der Waals surface area contributed by atoms with Crippen molar-refractivity contribution in [3.05, 3.63) is 35.9 Å². The highest BCUT2D eigenvalue weighted by molar-refractivity contribution is 5.13. The molecule has 216 valence electrons. The van der Waals surface area contributed by atoms with E-state index in [0.717, 1.165) is 26.1 Å². The van der Waals surface area contributed by atoms with Gasteiger partial charge in [-0.1, -0.05) is 160 Å². The molecule has 0 radical (unpaired) electrons. The molecule has 0 bridgehead atoms. The van der Waals surface area contributed by atoms with Crippen LogP contribution in [-0.2, 0) is 20.8 Å². The van der Waals surface area contributed by atoms with Crippen molar-refractivity contribution in [2.45, 2.75) is 155 Å². The summed E-state index contributed by atoms with van der Waals surface area (Å²) in [5, 5.41) is 0. The average Bonchev–Trinajstić information content (AvgIpc) is 2.92. The van der Waals surface area contributed by atoms with E-state index in [1.54, 1.807) is 0 Å². The maximum Gasteiger partial charge on any atom is 0.104 e. The maximum atomic E-state index is 6.20. The molecule has 0 amide bonds. The lowest BCUT2D eigenvalue weighted by molar-refractivity contribution is -0.0645. The van der Waals surface area contributed by atoms with Gasteiger partial charge in [0.2, 0.25) is 0 Å². The molecule has 0 aliphatic heterocycles. The number of hydrogen-bond acceptors (Lipinski definition) is 3. The molecule has 0 N–H and O–H groups in total. The molecule has 1 unspecified atom stereocenters. The van der Waals surface area contributed by atoms with Gasteiger partial charge >= 0.3 is 0 Å². The van der Waals surface area contributed by atoms with Crippen molar-refractivity contribution in [1.29, 1.82) is 0 Å². The van der Waals surface area contributed by atoms with E-state index in [-0.39, 0.29) is 6.10 Å². The number of unbranched alkanes of at least 4 members (excludes halogenated alkanes) is 18. The van der Waals surface area contributed by atoms with E-state index in [1.165, 1.54) is 121 Å². The van der Waals surface area contributed by atoms with E-state index in [1.807, 2.05) is 6.07 Å². The van der Waals surface area contributed by atoms with Crippen molar-refractivity contribution >= 4 is 0 Å². The smallest absolute Gasteiger partial charge is 0.104 e. The molecular weight excluding hydrogens is 456 g/mol. The summed E-state index contributed by atoms with van der Waals surface area (Å²) in [6.07, 6.45) is 27.1. The summed E-state index contributed by atoms with van der Waals surface area (Å²) in [5.41, 5.74) is 1.21. The van der Waals surface area contributed by atoms with Crippen molar-refractivity contribution in [2.24, 2.45) is 0 Å². The zero-order valence-electron chi connectivity index (χ0n) is 24.9. The lowest BCUT2D eigenvalue weighted by atomic mass is 10.1. The van der Waals surface area contributed by atoms with Gasteiger partial charge in [-0.15, -0.1) is 0 Å².